The van der Waals surface area contributed by atoms with Crippen molar-refractivity contribution in [3.8, 4) is 0 Å². The van der Waals surface area contributed by atoms with Gasteiger partial charge in [0.05, 0.1) is 13.4 Å². The molecular weight excluding hydrogens is 427 g/mol. The molecule has 0 aliphatic heterocycles. The van der Waals surface area contributed by atoms with Crippen LogP contribution in [0.3, 0.4) is 0 Å². The van der Waals surface area contributed by atoms with Crippen molar-refractivity contribution in [2.75, 3.05) is 0 Å². The number of halogens is 3. The van der Waals surface area contributed by atoms with Gasteiger partial charge in [0.15, 0.2) is 0 Å². The van der Waals surface area contributed by atoms with Crippen LogP contribution in [-0.2, 0) is 0 Å². The Morgan fingerprint density at radius 2 is 2.00 bits per heavy atom. The number of amides is 2. The molecule has 7 heteroatoms. The van der Waals surface area contributed by atoms with E-state index in [1.807, 2.05) is 45.2 Å². The van der Waals surface area contributed by atoms with E-state index in [2.05, 4.69) is 10.5 Å². The Labute approximate surface area is 113 Å². The van der Waals surface area contributed by atoms with Gasteiger partial charge in [0, 0.05) is 0 Å². The fourth-order valence-electron chi connectivity index (χ4n) is 0.820. The second-order valence-electron chi connectivity index (χ2n) is 2.53. The first-order valence-corrected chi connectivity index (χ1v) is 5.89. The molecular formula is C8H6FI2N3O. The molecule has 2 amide bonds. The van der Waals surface area contributed by atoms with Crippen LogP contribution in [0.2, 0.25) is 0 Å². The van der Waals surface area contributed by atoms with E-state index in [1.54, 1.807) is 12.1 Å². The Morgan fingerprint density at radius 3 is 2.47 bits per heavy atom. The smallest absolute Gasteiger partial charge is 0.332 e. The first kappa shape index (κ1) is 12.6. The Bertz CT molecular complexity index is 399. The standard InChI is InChI=1S/C8H6FI2N3O/c9-7-5(10)1-4(2-6(7)11)3-13-14-8(12)15/h1-3H,(H3,12,14,15). The van der Waals surface area contributed by atoms with Crippen molar-refractivity contribution in [1.29, 1.82) is 0 Å². The highest BCUT2D eigenvalue weighted by Crippen LogP contribution is 2.18. The predicted molar refractivity (Wildman–Crippen MR) is 72.1 cm³/mol. The number of benzene rings is 1. The number of nitrogens with zero attached hydrogens (tertiary/aromatic N) is 1. The van der Waals surface area contributed by atoms with Gasteiger partial charge in [-0.05, 0) is 62.9 Å². The van der Waals surface area contributed by atoms with E-state index in [-0.39, 0.29) is 5.82 Å². The van der Waals surface area contributed by atoms with Crippen LogP contribution in [0, 0.1) is 13.0 Å². The van der Waals surface area contributed by atoms with Gasteiger partial charge >= 0.3 is 6.03 Å². The molecule has 1 rings (SSSR count). The molecule has 4 nitrogen and oxygen atoms in total. The van der Waals surface area contributed by atoms with E-state index in [1.165, 1.54) is 6.21 Å². The molecule has 0 unspecified atom stereocenters. The number of rotatable bonds is 2. The zero-order valence-corrected chi connectivity index (χ0v) is 11.6. The number of nitrogens with two attached hydrogens (primary N) is 1. The van der Waals surface area contributed by atoms with Gasteiger partial charge in [0.2, 0.25) is 0 Å². The Morgan fingerprint density at radius 1 is 1.47 bits per heavy atom. The van der Waals surface area contributed by atoms with Gasteiger partial charge in [-0.1, -0.05) is 0 Å². The quantitative estimate of drug-likeness (QED) is 0.319. The van der Waals surface area contributed by atoms with E-state index in [9.17, 15) is 9.18 Å². The lowest BCUT2D eigenvalue weighted by molar-refractivity contribution is 0.249. The topological polar surface area (TPSA) is 67.5 Å². The first-order valence-electron chi connectivity index (χ1n) is 3.73. The van der Waals surface area contributed by atoms with Crippen molar-refractivity contribution < 1.29 is 9.18 Å². The monoisotopic (exact) mass is 433 g/mol. The number of hydrogen-bond acceptors (Lipinski definition) is 2. The van der Waals surface area contributed by atoms with Crippen LogP contribution in [0.5, 0.6) is 0 Å². The van der Waals surface area contributed by atoms with Crippen LogP contribution in [-0.4, -0.2) is 12.2 Å². The fraction of sp³-hybridized carbons (Fsp3) is 0. The molecule has 0 spiro atoms. The maximum atomic E-state index is 13.2. The van der Waals surface area contributed by atoms with Crippen molar-refractivity contribution in [2.45, 2.75) is 0 Å². The third kappa shape index (κ3) is 3.89. The molecule has 0 aromatic heterocycles. The van der Waals surface area contributed by atoms with Crippen LogP contribution in [0.25, 0.3) is 0 Å². The zero-order valence-electron chi connectivity index (χ0n) is 7.30. The normalized spacial score (nSPS) is 10.6. The first-order chi connectivity index (χ1) is 7.00. The highest BCUT2D eigenvalue weighted by Gasteiger charge is 2.05. The molecule has 0 bridgehead atoms. The minimum atomic E-state index is -0.738. The minimum absolute atomic E-state index is 0.254. The van der Waals surface area contributed by atoms with Crippen LogP contribution < -0.4 is 11.2 Å². The number of carbonyl (C=O) groups excluding carboxylic acids is 1. The van der Waals surface area contributed by atoms with Crippen LogP contribution in [0.15, 0.2) is 17.2 Å². The lowest BCUT2D eigenvalue weighted by atomic mass is 10.2. The summed E-state index contributed by atoms with van der Waals surface area (Å²) in [6, 6.07) is 2.49. The lowest BCUT2D eigenvalue weighted by Gasteiger charge is -2.00. The maximum absolute atomic E-state index is 13.2. The minimum Gasteiger partial charge on any atom is -0.350 e. The van der Waals surface area contributed by atoms with Gasteiger partial charge in [0.25, 0.3) is 0 Å². The van der Waals surface area contributed by atoms with Crippen molar-refractivity contribution in [3.63, 3.8) is 0 Å². The van der Waals surface area contributed by atoms with Crippen molar-refractivity contribution in [1.82, 2.24) is 5.43 Å². The third-order valence-corrected chi connectivity index (χ3v) is 2.96. The van der Waals surface area contributed by atoms with Gasteiger partial charge in [-0.15, -0.1) is 0 Å². The van der Waals surface area contributed by atoms with E-state index in [4.69, 9.17) is 5.73 Å². The van der Waals surface area contributed by atoms with Crippen LogP contribution >= 0.6 is 45.2 Å². The van der Waals surface area contributed by atoms with Crippen LogP contribution in [0.4, 0.5) is 9.18 Å². The zero-order chi connectivity index (χ0) is 11.4. The van der Waals surface area contributed by atoms with E-state index in [0.29, 0.717) is 12.7 Å². The molecule has 3 N–H and O–H groups in total. The lowest BCUT2D eigenvalue weighted by Crippen LogP contribution is -2.24. The SMILES string of the molecule is NC(=O)NN=Cc1cc(I)c(F)c(I)c1. The molecule has 1 aromatic rings. The van der Waals surface area contributed by atoms with Gasteiger partial charge in [-0.25, -0.2) is 14.6 Å². The van der Waals surface area contributed by atoms with Gasteiger partial charge in [0.1, 0.15) is 5.82 Å². The Hall–Kier alpha value is -0.450. The Kier molecular flexibility index (Phi) is 4.70. The van der Waals surface area contributed by atoms with E-state index in [0.717, 1.165) is 0 Å². The molecule has 0 aliphatic rings. The summed E-state index contributed by atoms with van der Waals surface area (Å²) in [6.45, 7) is 0. The molecule has 0 atom stereocenters. The van der Waals surface area contributed by atoms with E-state index < -0.39 is 6.03 Å². The van der Waals surface area contributed by atoms with Crippen molar-refractivity contribution in [2.24, 2.45) is 10.8 Å². The summed E-state index contributed by atoms with van der Waals surface area (Å²) in [5, 5.41) is 3.57. The largest absolute Gasteiger partial charge is 0.350 e. The molecule has 0 fully saturated rings. The third-order valence-electron chi connectivity index (χ3n) is 1.39. The number of hydrazone groups is 1. The average Bonchev–Trinajstić information content (AvgIpc) is 2.13. The summed E-state index contributed by atoms with van der Waals surface area (Å²) in [6.07, 6.45) is 1.40. The fourth-order valence-corrected chi connectivity index (χ4v) is 2.64. The summed E-state index contributed by atoms with van der Waals surface area (Å²) in [5.74, 6) is -0.254. The molecule has 0 aliphatic carbocycles. The molecule has 15 heavy (non-hydrogen) atoms. The summed E-state index contributed by atoms with van der Waals surface area (Å²) in [7, 11) is 0. The molecule has 0 heterocycles. The van der Waals surface area contributed by atoms with Crippen LogP contribution in [0.1, 0.15) is 5.56 Å². The molecule has 0 saturated carbocycles. The summed E-state index contributed by atoms with van der Waals surface area (Å²) < 4.78 is 14.2. The van der Waals surface area contributed by atoms with Gasteiger partial charge in [-0.2, -0.15) is 5.10 Å². The summed E-state index contributed by atoms with van der Waals surface area (Å²) >= 11 is 3.77. The molecule has 0 saturated heterocycles. The second-order valence-corrected chi connectivity index (χ2v) is 4.86. The number of urea groups is 1. The number of carbonyl (C=O) groups is 1. The van der Waals surface area contributed by atoms with E-state index >= 15 is 0 Å². The Balaban J connectivity index is 2.87. The summed E-state index contributed by atoms with van der Waals surface area (Å²) in [5.41, 5.74) is 7.56. The van der Waals surface area contributed by atoms with Gasteiger partial charge < -0.3 is 5.73 Å². The predicted octanol–water partition coefficient (Wildman–Crippen LogP) is 2.04. The summed E-state index contributed by atoms with van der Waals surface area (Å²) in [4.78, 5) is 10.3. The molecule has 0 radical (unpaired) electrons. The highest BCUT2D eigenvalue weighted by molar-refractivity contribution is 14.1. The maximum Gasteiger partial charge on any atom is 0.332 e. The molecule has 1 aromatic carbocycles. The van der Waals surface area contributed by atoms with Gasteiger partial charge in [-0.3, -0.25) is 0 Å². The number of nitrogens with one attached hydrogen (secondary N) is 1. The van der Waals surface area contributed by atoms with Crippen molar-refractivity contribution in [3.05, 3.63) is 30.7 Å². The average molecular weight is 433 g/mol. The second kappa shape index (κ2) is 5.58. The molecule has 80 valence electrons. The van der Waals surface area contributed by atoms with Crippen molar-refractivity contribution >= 4 is 57.4 Å². The number of hydrogen-bond donors (Lipinski definition) is 2. The highest BCUT2D eigenvalue weighted by atomic mass is 127. The number of primary amides is 1.